The summed E-state index contributed by atoms with van der Waals surface area (Å²) >= 11 is 0. The van der Waals surface area contributed by atoms with Gasteiger partial charge in [-0.25, -0.2) is 4.79 Å². The molecule has 1 amide bonds. The van der Waals surface area contributed by atoms with Crippen LogP contribution in [0, 0.1) is 6.92 Å². The van der Waals surface area contributed by atoms with Crippen molar-refractivity contribution in [1.29, 1.82) is 0 Å². The molecule has 1 saturated heterocycles. The molecule has 27 heavy (non-hydrogen) atoms. The molecule has 5 nitrogen and oxygen atoms in total. The lowest BCUT2D eigenvalue weighted by molar-refractivity contribution is -0.137. The Bertz CT molecular complexity index is 888. The number of H-pyrrole nitrogens is 1. The number of carbonyl (C=O) groups is 1. The second-order valence-electron chi connectivity index (χ2n) is 7.33. The predicted octanol–water partition coefficient (Wildman–Crippen LogP) is 4.37. The Labute approximate surface area is 155 Å². The number of para-hydroxylation sites is 1. The highest BCUT2D eigenvalue weighted by Crippen LogP contribution is 2.40. The van der Waals surface area contributed by atoms with Crippen molar-refractivity contribution in [1.82, 2.24) is 9.88 Å². The number of fused-ring (bicyclic) bond motifs is 1. The molecule has 0 aliphatic carbocycles. The van der Waals surface area contributed by atoms with Crippen molar-refractivity contribution < 1.29 is 27.8 Å². The quantitative estimate of drug-likeness (QED) is 0.823. The third-order valence-electron chi connectivity index (χ3n) is 5.78. The third kappa shape index (κ3) is 2.96. The number of halogens is 3. The molecule has 2 N–H and O–H groups in total. The molecule has 2 heterocycles. The molecule has 2 aromatic rings. The van der Waals surface area contributed by atoms with Crippen LogP contribution in [0.3, 0.4) is 0 Å². The number of nitrogens with zero attached hydrogens (tertiary/aromatic N) is 1. The Hall–Kier alpha value is -2.22. The predicted molar refractivity (Wildman–Crippen MR) is 94.2 cm³/mol. The summed E-state index contributed by atoms with van der Waals surface area (Å²) in [7, 11) is 0. The highest BCUT2D eigenvalue weighted by molar-refractivity contribution is 5.88. The summed E-state index contributed by atoms with van der Waals surface area (Å²) in [6.45, 7) is 6.83. The molecule has 1 aromatic heterocycles. The number of cyclic esters (lactones) is 1. The van der Waals surface area contributed by atoms with Crippen LogP contribution in [0.2, 0.25) is 0 Å². The summed E-state index contributed by atoms with van der Waals surface area (Å²) < 4.78 is 45.1. The van der Waals surface area contributed by atoms with Gasteiger partial charge in [0.1, 0.15) is 0 Å². The smallest absolute Gasteiger partial charge is 0.418 e. The molecule has 0 saturated carbocycles. The van der Waals surface area contributed by atoms with E-state index in [4.69, 9.17) is 4.74 Å². The maximum absolute atomic E-state index is 13.2. The molecule has 1 aliphatic rings. The Morgan fingerprint density at radius 1 is 1.30 bits per heavy atom. The fourth-order valence-electron chi connectivity index (χ4n) is 3.71. The van der Waals surface area contributed by atoms with E-state index in [1.54, 1.807) is 19.9 Å². The van der Waals surface area contributed by atoms with E-state index in [0.717, 1.165) is 6.07 Å². The third-order valence-corrected chi connectivity index (χ3v) is 5.78. The van der Waals surface area contributed by atoms with Crippen LogP contribution in [-0.2, 0) is 17.3 Å². The largest absolute Gasteiger partial charge is 0.438 e. The van der Waals surface area contributed by atoms with Crippen molar-refractivity contribution in [2.24, 2.45) is 0 Å². The summed E-state index contributed by atoms with van der Waals surface area (Å²) in [6.07, 6.45) is -4.36. The van der Waals surface area contributed by atoms with Gasteiger partial charge in [0.05, 0.1) is 11.1 Å². The molecule has 148 valence electrons. The normalized spacial score (nSPS) is 26.1. The molecule has 0 bridgehead atoms. The van der Waals surface area contributed by atoms with Crippen LogP contribution in [0.25, 0.3) is 10.9 Å². The van der Waals surface area contributed by atoms with E-state index in [-0.39, 0.29) is 18.5 Å². The lowest BCUT2D eigenvalue weighted by atomic mass is 9.90. The van der Waals surface area contributed by atoms with Gasteiger partial charge < -0.3 is 14.8 Å². The first-order valence-corrected chi connectivity index (χ1v) is 8.82. The molecular weight excluding hydrogens is 361 g/mol. The molecule has 3 rings (SSSR count). The van der Waals surface area contributed by atoms with E-state index in [9.17, 15) is 23.1 Å². The minimum absolute atomic E-state index is 0.0339. The summed E-state index contributed by atoms with van der Waals surface area (Å²) in [5, 5.41) is 11.3. The van der Waals surface area contributed by atoms with Crippen molar-refractivity contribution >= 4 is 17.0 Å². The highest BCUT2D eigenvalue weighted by Gasteiger charge is 2.58. The molecular formula is C19H23F3N2O3. The van der Waals surface area contributed by atoms with E-state index in [2.05, 4.69) is 4.98 Å². The fourth-order valence-corrected chi connectivity index (χ4v) is 3.71. The number of aromatic amines is 1. The zero-order valence-corrected chi connectivity index (χ0v) is 15.7. The number of benzene rings is 1. The first kappa shape index (κ1) is 19.5. The van der Waals surface area contributed by atoms with Gasteiger partial charge in [0, 0.05) is 17.6 Å². The van der Waals surface area contributed by atoms with Gasteiger partial charge in [-0.15, -0.1) is 0 Å². The SMILES string of the molecule is CC[C@]1(C)OC(=O)N(CCc2c(C)[nH]c3c(C(F)(F)F)cccc23)[C@@]1(C)O. The van der Waals surface area contributed by atoms with Gasteiger partial charge >= 0.3 is 12.3 Å². The lowest BCUT2D eigenvalue weighted by Crippen LogP contribution is -2.55. The zero-order chi connectivity index (χ0) is 20.2. The second kappa shape index (κ2) is 6.15. The van der Waals surface area contributed by atoms with Crippen molar-refractivity contribution in [3.8, 4) is 0 Å². The Balaban J connectivity index is 1.93. The van der Waals surface area contributed by atoms with Crippen molar-refractivity contribution in [3.63, 3.8) is 0 Å². The van der Waals surface area contributed by atoms with Gasteiger partial charge in [-0.2, -0.15) is 13.2 Å². The van der Waals surface area contributed by atoms with Crippen LogP contribution in [0.1, 0.15) is 44.0 Å². The van der Waals surface area contributed by atoms with Crippen LogP contribution in [0.5, 0.6) is 0 Å². The average Bonchev–Trinajstić information content (AvgIpc) is 2.96. The molecule has 2 atom stereocenters. The van der Waals surface area contributed by atoms with Crippen LogP contribution >= 0.6 is 0 Å². The Morgan fingerprint density at radius 2 is 1.96 bits per heavy atom. The molecule has 8 heteroatoms. The zero-order valence-electron chi connectivity index (χ0n) is 15.7. The molecule has 1 aliphatic heterocycles. The Kier molecular flexibility index (Phi) is 4.45. The topological polar surface area (TPSA) is 65.6 Å². The van der Waals surface area contributed by atoms with Crippen LogP contribution in [0.4, 0.5) is 18.0 Å². The van der Waals surface area contributed by atoms with Crippen LogP contribution in [-0.4, -0.2) is 39.0 Å². The van der Waals surface area contributed by atoms with E-state index < -0.39 is 29.2 Å². The number of ether oxygens (including phenoxy) is 1. The van der Waals surface area contributed by atoms with Gasteiger partial charge in [-0.1, -0.05) is 19.1 Å². The van der Waals surface area contributed by atoms with Gasteiger partial charge in [0.25, 0.3) is 0 Å². The standard InChI is InChI=1S/C19H23F3N2O3/c1-5-17(3)18(4,26)24(16(25)27-17)10-9-12-11(2)23-15-13(12)7-6-8-14(15)19(20,21)22/h6-8,23,26H,5,9-10H2,1-4H3/t17-,18-/m0/s1. The summed E-state index contributed by atoms with van der Waals surface area (Å²) in [5.41, 5.74) is -1.94. The van der Waals surface area contributed by atoms with Crippen molar-refractivity contribution in [2.75, 3.05) is 6.54 Å². The first-order valence-electron chi connectivity index (χ1n) is 8.82. The minimum atomic E-state index is -4.46. The Morgan fingerprint density at radius 3 is 2.52 bits per heavy atom. The number of amides is 1. The van der Waals surface area contributed by atoms with E-state index in [1.807, 2.05) is 6.92 Å². The first-order chi connectivity index (χ1) is 12.4. The van der Waals surface area contributed by atoms with Crippen LogP contribution in [0.15, 0.2) is 18.2 Å². The number of carbonyl (C=O) groups excluding carboxylic acids is 1. The molecule has 0 spiro atoms. The molecule has 0 radical (unpaired) electrons. The van der Waals surface area contributed by atoms with Crippen molar-refractivity contribution in [2.45, 2.75) is 58.0 Å². The number of alkyl halides is 3. The van der Waals surface area contributed by atoms with Gasteiger partial charge in [0.15, 0.2) is 11.3 Å². The average molecular weight is 384 g/mol. The summed E-state index contributed by atoms with van der Waals surface area (Å²) in [5.74, 6) is 0. The number of hydrogen-bond acceptors (Lipinski definition) is 3. The highest BCUT2D eigenvalue weighted by atomic mass is 19.4. The number of rotatable bonds is 4. The summed E-state index contributed by atoms with van der Waals surface area (Å²) in [4.78, 5) is 16.3. The lowest BCUT2D eigenvalue weighted by Gasteiger charge is -2.36. The fraction of sp³-hybridized carbons (Fsp3) is 0.526. The number of aromatic nitrogens is 1. The monoisotopic (exact) mass is 384 g/mol. The minimum Gasteiger partial charge on any atom is -0.438 e. The number of aliphatic hydroxyl groups is 1. The number of aryl methyl sites for hydroxylation is 1. The van der Waals surface area contributed by atoms with Crippen molar-refractivity contribution in [3.05, 3.63) is 35.0 Å². The van der Waals surface area contributed by atoms with E-state index in [0.29, 0.717) is 23.1 Å². The van der Waals surface area contributed by atoms with Gasteiger partial charge in [0.2, 0.25) is 0 Å². The van der Waals surface area contributed by atoms with Gasteiger partial charge in [-0.05, 0) is 45.2 Å². The number of nitrogens with one attached hydrogen (secondary N) is 1. The van der Waals surface area contributed by atoms with Crippen LogP contribution < -0.4 is 0 Å². The summed E-state index contributed by atoms with van der Waals surface area (Å²) in [6, 6.07) is 4.04. The van der Waals surface area contributed by atoms with Gasteiger partial charge in [-0.3, -0.25) is 4.90 Å². The maximum atomic E-state index is 13.2. The molecule has 0 unspecified atom stereocenters. The molecule has 1 aromatic carbocycles. The second-order valence-corrected chi connectivity index (χ2v) is 7.33. The number of hydrogen-bond donors (Lipinski definition) is 2. The molecule has 1 fully saturated rings. The van der Waals surface area contributed by atoms with E-state index in [1.165, 1.54) is 17.9 Å². The maximum Gasteiger partial charge on any atom is 0.418 e. The van der Waals surface area contributed by atoms with E-state index >= 15 is 0 Å².